The number of hydrogen-bond donors (Lipinski definition) is 15. The van der Waals surface area contributed by atoms with Gasteiger partial charge in [0.25, 0.3) is 11.8 Å². The number of amides is 2. The van der Waals surface area contributed by atoms with Crippen LogP contribution in [0.5, 0.6) is 0 Å². The maximum Gasteiger partial charge on any atom is 0.251 e. The van der Waals surface area contributed by atoms with E-state index in [1.165, 1.54) is 7.11 Å². The molecule has 0 aliphatic rings. The highest BCUT2D eigenvalue weighted by Crippen LogP contribution is 2.13. The summed E-state index contributed by atoms with van der Waals surface area (Å²) in [6.45, 7) is 0.558. The van der Waals surface area contributed by atoms with Crippen molar-refractivity contribution in [1.29, 1.82) is 16.2 Å². The number of ketones is 2. The van der Waals surface area contributed by atoms with Crippen LogP contribution in [0.4, 0.5) is 0 Å². The molecule has 0 aliphatic heterocycles. The number of carbonyl (C=O) groups excluding carboxylic acids is 4. The van der Waals surface area contributed by atoms with E-state index in [1.54, 1.807) is 0 Å². The Morgan fingerprint density at radius 3 is 1.31 bits per heavy atom. The van der Waals surface area contributed by atoms with Gasteiger partial charge in [-0.25, -0.2) is 0 Å². The maximum atomic E-state index is 12.4. The molecule has 62 heavy (non-hydrogen) atoms. The topological polar surface area (TPSA) is 399 Å². The molecule has 0 bridgehead atoms. The van der Waals surface area contributed by atoms with Crippen LogP contribution in [0.1, 0.15) is 128 Å². The zero-order valence-corrected chi connectivity index (χ0v) is 36.3. The highest BCUT2D eigenvalue weighted by atomic mass is 16.5. The van der Waals surface area contributed by atoms with Crippen molar-refractivity contribution in [2.24, 2.45) is 16.5 Å². The van der Waals surface area contributed by atoms with Gasteiger partial charge in [-0.2, -0.15) is 0 Å². The molecule has 0 saturated heterocycles. The van der Waals surface area contributed by atoms with Gasteiger partial charge in [0.15, 0.2) is 29.7 Å². The van der Waals surface area contributed by atoms with Gasteiger partial charge in [0.2, 0.25) is 0 Å². The Morgan fingerprint density at radius 2 is 0.887 bits per heavy atom. The Morgan fingerprint density at radius 1 is 0.516 bits per heavy atom. The number of aliphatic imine (C=N–C) groups is 1. The third-order valence-corrected chi connectivity index (χ3v) is 10.2. The molecule has 0 spiro atoms. The van der Waals surface area contributed by atoms with Crippen LogP contribution in [0.2, 0.25) is 0 Å². The lowest BCUT2D eigenvalue weighted by atomic mass is 9.97. The number of aliphatic hydroxyl groups excluding tert-OH is 8. The molecular formula is C41H76N8O13. The molecule has 0 unspecified atom stereocenters. The highest BCUT2D eigenvalue weighted by molar-refractivity contribution is 5.86. The van der Waals surface area contributed by atoms with Gasteiger partial charge < -0.3 is 78.5 Å². The van der Waals surface area contributed by atoms with E-state index in [9.17, 15) is 60.0 Å². The number of ether oxygens (including phenoxy) is 1. The van der Waals surface area contributed by atoms with Crippen molar-refractivity contribution >= 4 is 46.5 Å². The zero-order chi connectivity index (χ0) is 47.0. The first-order valence-corrected chi connectivity index (χ1v) is 21.7. The van der Waals surface area contributed by atoms with Gasteiger partial charge in [0, 0.05) is 56.7 Å². The van der Waals surface area contributed by atoms with Crippen LogP contribution in [0.3, 0.4) is 0 Å². The Bertz CT molecular complexity index is 1390. The van der Waals surface area contributed by atoms with E-state index < -0.39 is 72.2 Å². The normalized spacial score (nSPS) is 15.6. The standard InChI is InChI=1S/C41H76N8O13/c1-62-31(46)21-9-5-3-7-15-27(44)17-12-25-49-41(61)39(59)37(57)35(55)33(53)29(51)19-13-23-47-30(45)20-8-4-2-6-14-26(43)16-11-24-48-40(60)38(58)36(56)34(54)32(52)28(50)18-10-22-42/h32-39,43-44,46,52-59H,2-25,42H2,1H3,(H2,45,47)(H,48,60)(H,49,61)/t32-,33-,34+,35+,36+,37+,38-,39-/m0/s1. The molecule has 2 amide bonds. The van der Waals surface area contributed by atoms with Crippen molar-refractivity contribution < 1.29 is 64.8 Å². The first-order valence-electron chi connectivity index (χ1n) is 21.7. The molecule has 0 rings (SSSR count). The molecule has 0 aliphatic carbocycles. The van der Waals surface area contributed by atoms with E-state index in [0.29, 0.717) is 68.6 Å². The minimum atomic E-state index is -2.13. The van der Waals surface area contributed by atoms with Crippen molar-refractivity contribution in [3.05, 3.63) is 0 Å². The third kappa shape index (κ3) is 26.0. The molecule has 0 aromatic carbocycles. The minimum absolute atomic E-state index is 0.0886. The minimum Gasteiger partial charge on any atom is -0.484 e. The maximum absolute atomic E-state index is 12.4. The van der Waals surface area contributed by atoms with Gasteiger partial charge >= 0.3 is 0 Å². The number of Topliss-reactive ketones (excluding diaryl/α,β-unsaturated/α-hetero) is 2. The Labute approximate surface area is 364 Å². The van der Waals surface area contributed by atoms with Gasteiger partial charge in [0.1, 0.15) is 36.6 Å². The van der Waals surface area contributed by atoms with Crippen LogP contribution in [-0.2, 0) is 23.9 Å². The third-order valence-electron chi connectivity index (χ3n) is 10.2. The van der Waals surface area contributed by atoms with Crippen molar-refractivity contribution in [1.82, 2.24) is 10.6 Å². The molecular weight excluding hydrogens is 812 g/mol. The van der Waals surface area contributed by atoms with E-state index in [2.05, 4.69) is 15.6 Å². The molecule has 0 radical (unpaired) electrons. The van der Waals surface area contributed by atoms with Crippen LogP contribution in [0.15, 0.2) is 4.99 Å². The van der Waals surface area contributed by atoms with Crippen LogP contribution < -0.4 is 22.1 Å². The van der Waals surface area contributed by atoms with Crippen molar-refractivity contribution in [2.45, 2.75) is 177 Å². The summed E-state index contributed by atoms with van der Waals surface area (Å²) in [4.78, 5) is 52.9. The van der Waals surface area contributed by atoms with Crippen molar-refractivity contribution in [3.63, 3.8) is 0 Å². The summed E-state index contributed by atoms with van der Waals surface area (Å²) in [6.07, 6.45) is -5.91. The molecule has 8 atom stereocenters. The second-order valence-electron chi connectivity index (χ2n) is 15.5. The fourth-order valence-corrected chi connectivity index (χ4v) is 6.13. The summed E-state index contributed by atoms with van der Waals surface area (Å²) >= 11 is 0. The number of nitrogens with two attached hydrogens (primary N) is 2. The Hall–Kier alpha value is -3.80. The number of nitrogens with zero attached hydrogens (tertiary/aromatic N) is 1. The molecule has 358 valence electrons. The number of hydrogen-bond acceptors (Lipinski definition) is 18. The molecule has 0 aromatic rings. The first kappa shape index (κ1) is 58.2. The van der Waals surface area contributed by atoms with E-state index in [-0.39, 0.29) is 57.8 Å². The summed E-state index contributed by atoms with van der Waals surface area (Å²) in [5.41, 5.74) is 12.3. The number of aliphatic hydroxyl groups is 8. The fraction of sp³-hybridized carbons (Fsp3) is 0.805. The first-order chi connectivity index (χ1) is 29.4. The number of carbonyl (C=O) groups is 4. The lowest BCUT2D eigenvalue weighted by Crippen LogP contribution is -2.52. The van der Waals surface area contributed by atoms with Crippen molar-refractivity contribution in [3.8, 4) is 0 Å². The summed E-state index contributed by atoms with van der Waals surface area (Å²) in [5.74, 6) is -2.93. The average Bonchev–Trinajstić information content (AvgIpc) is 3.26. The summed E-state index contributed by atoms with van der Waals surface area (Å²) in [5, 5.41) is 109. The highest BCUT2D eigenvalue weighted by Gasteiger charge is 2.38. The summed E-state index contributed by atoms with van der Waals surface area (Å²) < 4.78 is 4.82. The zero-order valence-electron chi connectivity index (χ0n) is 36.3. The number of rotatable bonds is 39. The van der Waals surface area contributed by atoms with Crippen LogP contribution in [0.25, 0.3) is 0 Å². The van der Waals surface area contributed by atoms with Crippen LogP contribution >= 0.6 is 0 Å². The quantitative estimate of drug-likeness (QED) is 0.0201. The number of amidine groups is 1. The molecule has 0 aromatic heterocycles. The van der Waals surface area contributed by atoms with Gasteiger partial charge in [-0.3, -0.25) is 29.6 Å². The van der Waals surface area contributed by atoms with Gasteiger partial charge in [-0.15, -0.1) is 0 Å². The molecule has 0 saturated carbocycles. The van der Waals surface area contributed by atoms with Gasteiger partial charge in [0.05, 0.1) is 12.9 Å². The van der Waals surface area contributed by atoms with Gasteiger partial charge in [-0.05, 0) is 83.6 Å². The number of unbranched alkanes of at least 4 members (excludes halogenated alkanes) is 6. The molecule has 0 heterocycles. The average molecular weight is 889 g/mol. The molecule has 21 nitrogen and oxygen atoms in total. The monoisotopic (exact) mass is 889 g/mol. The number of methoxy groups -OCH3 is 1. The molecule has 0 fully saturated rings. The van der Waals surface area contributed by atoms with Crippen molar-refractivity contribution in [2.75, 3.05) is 33.3 Å². The Kier molecular flexibility index (Phi) is 32.5. The summed E-state index contributed by atoms with van der Waals surface area (Å²) in [7, 11) is 1.47. The van der Waals surface area contributed by atoms with E-state index in [0.717, 1.165) is 51.4 Å². The van der Waals surface area contributed by atoms with Gasteiger partial charge in [-0.1, -0.05) is 25.7 Å². The lowest BCUT2D eigenvalue weighted by Gasteiger charge is -2.25. The smallest absolute Gasteiger partial charge is 0.251 e. The van der Waals surface area contributed by atoms with Crippen LogP contribution in [0, 0.1) is 16.2 Å². The van der Waals surface area contributed by atoms with E-state index >= 15 is 0 Å². The van der Waals surface area contributed by atoms with Crippen LogP contribution in [-0.4, -0.2) is 170 Å². The predicted octanol–water partition coefficient (Wildman–Crippen LogP) is -0.975. The lowest BCUT2D eigenvalue weighted by molar-refractivity contribution is -0.154. The van der Waals surface area contributed by atoms with E-state index in [4.69, 9.17) is 32.4 Å². The predicted molar refractivity (Wildman–Crippen MR) is 232 cm³/mol. The van der Waals surface area contributed by atoms with E-state index in [1.807, 2.05) is 0 Å². The SMILES string of the molecule is COC(=N)CCCCCCC(=N)CCCNC(=O)[C@@H](O)[C@H](O)[C@H](O)[C@@H](O)C(=O)CCCN=C(N)CCCCCCC(=N)CCCNC(=O)[C@@H](O)[C@H](O)[C@H](O)[C@@H](O)C(=O)CCCN. The second-order valence-corrected chi connectivity index (χ2v) is 15.5. The molecule has 21 heteroatoms. The number of nitrogens with one attached hydrogen (secondary N) is 5. The summed E-state index contributed by atoms with van der Waals surface area (Å²) in [6, 6.07) is 0. The molecule has 17 N–H and O–H groups in total. The fourth-order valence-electron chi connectivity index (χ4n) is 6.13. The largest absolute Gasteiger partial charge is 0.484 e. The Balaban J connectivity index is 4.18. The second kappa shape index (κ2) is 34.7.